The van der Waals surface area contributed by atoms with Gasteiger partial charge in [0.05, 0.1) is 10.5 Å². The minimum absolute atomic E-state index is 0.118. The van der Waals surface area contributed by atoms with E-state index in [1.165, 1.54) is 6.07 Å². The molecule has 0 aliphatic rings. The minimum Gasteiger partial charge on any atom is -0.377 e. The Morgan fingerprint density at radius 2 is 2.17 bits per heavy atom. The zero-order valence-electron chi connectivity index (χ0n) is 11.3. The molecule has 1 unspecified atom stereocenters. The molecule has 0 amide bonds. The molecule has 0 radical (unpaired) electrons. The van der Waals surface area contributed by atoms with Crippen LogP contribution in [0.5, 0.6) is 0 Å². The van der Waals surface area contributed by atoms with Crippen LogP contribution >= 0.6 is 0 Å². The number of nitrogens with one attached hydrogen (secondary N) is 1. The van der Waals surface area contributed by atoms with E-state index in [1.54, 1.807) is 19.2 Å². The van der Waals surface area contributed by atoms with E-state index in [0.717, 1.165) is 5.56 Å². The van der Waals surface area contributed by atoms with Crippen molar-refractivity contribution in [1.82, 2.24) is 5.32 Å². The molecule has 0 aliphatic heterocycles. The van der Waals surface area contributed by atoms with E-state index in [2.05, 4.69) is 5.32 Å². The van der Waals surface area contributed by atoms with Gasteiger partial charge in [-0.3, -0.25) is 10.1 Å². The van der Waals surface area contributed by atoms with Crippen LogP contribution in [0, 0.1) is 10.1 Å². The summed E-state index contributed by atoms with van der Waals surface area (Å²) in [5.74, 6) is 0. The maximum Gasteiger partial charge on any atom is 0.269 e. The standard InChI is InChI=1S/C13H20N2O3/c1-10(13(2,3)18-4)14-9-11-6-5-7-12(8-11)15(16)17/h5-8,10,14H,9H2,1-4H3. The molecule has 0 heterocycles. The molecule has 0 aromatic heterocycles. The van der Waals surface area contributed by atoms with Gasteiger partial charge in [0.1, 0.15) is 0 Å². The summed E-state index contributed by atoms with van der Waals surface area (Å²) in [5.41, 5.74) is 0.733. The van der Waals surface area contributed by atoms with E-state index in [0.29, 0.717) is 6.54 Å². The highest BCUT2D eigenvalue weighted by molar-refractivity contribution is 5.34. The van der Waals surface area contributed by atoms with Crippen LogP contribution in [-0.4, -0.2) is 23.7 Å². The monoisotopic (exact) mass is 252 g/mol. The third-order valence-corrected chi connectivity index (χ3v) is 3.30. The Hall–Kier alpha value is -1.46. The number of hydrogen-bond donors (Lipinski definition) is 1. The summed E-state index contributed by atoms with van der Waals surface area (Å²) >= 11 is 0. The van der Waals surface area contributed by atoms with Gasteiger partial charge in [-0.15, -0.1) is 0 Å². The fraction of sp³-hybridized carbons (Fsp3) is 0.538. The lowest BCUT2D eigenvalue weighted by molar-refractivity contribution is -0.384. The van der Waals surface area contributed by atoms with Gasteiger partial charge in [0, 0.05) is 31.8 Å². The van der Waals surface area contributed by atoms with Gasteiger partial charge in [0.2, 0.25) is 0 Å². The van der Waals surface area contributed by atoms with Crippen LogP contribution in [0.25, 0.3) is 0 Å². The van der Waals surface area contributed by atoms with Gasteiger partial charge in [-0.05, 0) is 26.3 Å². The Morgan fingerprint density at radius 1 is 1.50 bits per heavy atom. The van der Waals surface area contributed by atoms with Crippen molar-refractivity contribution in [2.75, 3.05) is 7.11 Å². The molecule has 0 fully saturated rings. The summed E-state index contributed by atoms with van der Waals surface area (Å²) in [7, 11) is 1.67. The number of hydrogen-bond acceptors (Lipinski definition) is 4. The number of methoxy groups -OCH3 is 1. The summed E-state index contributed by atoms with van der Waals surface area (Å²) in [6, 6.07) is 6.78. The van der Waals surface area contributed by atoms with Crippen LogP contribution < -0.4 is 5.32 Å². The lowest BCUT2D eigenvalue weighted by Gasteiger charge is -2.31. The molecule has 5 nitrogen and oxygen atoms in total. The van der Waals surface area contributed by atoms with Crippen LogP contribution in [0.1, 0.15) is 26.3 Å². The minimum atomic E-state index is -0.383. The van der Waals surface area contributed by atoms with Gasteiger partial charge < -0.3 is 10.1 Å². The van der Waals surface area contributed by atoms with Crippen molar-refractivity contribution in [3.8, 4) is 0 Å². The number of benzene rings is 1. The molecule has 1 aromatic carbocycles. The lowest BCUT2D eigenvalue weighted by atomic mass is 10.00. The Bertz CT molecular complexity index is 418. The van der Waals surface area contributed by atoms with Crippen molar-refractivity contribution < 1.29 is 9.66 Å². The number of nitrogens with zero attached hydrogens (tertiary/aromatic N) is 1. The van der Waals surface area contributed by atoms with Crippen molar-refractivity contribution in [1.29, 1.82) is 0 Å². The average molecular weight is 252 g/mol. The molecule has 0 saturated carbocycles. The van der Waals surface area contributed by atoms with Crippen LogP contribution in [0.4, 0.5) is 5.69 Å². The number of rotatable bonds is 6. The van der Waals surface area contributed by atoms with Crippen LogP contribution in [0.3, 0.4) is 0 Å². The van der Waals surface area contributed by atoms with E-state index in [9.17, 15) is 10.1 Å². The summed E-state index contributed by atoms with van der Waals surface area (Å²) in [4.78, 5) is 10.3. The molecular weight excluding hydrogens is 232 g/mol. The highest BCUT2D eigenvalue weighted by Crippen LogP contribution is 2.16. The topological polar surface area (TPSA) is 64.4 Å². The SMILES string of the molecule is COC(C)(C)C(C)NCc1cccc([N+](=O)[O-])c1. The fourth-order valence-electron chi connectivity index (χ4n) is 1.47. The second-order valence-corrected chi connectivity index (χ2v) is 4.84. The predicted molar refractivity (Wildman–Crippen MR) is 70.5 cm³/mol. The number of nitro benzene ring substituents is 1. The van der Waals surface area contributed by atoms with Crippen molar-refractivity contribution in [2.45, 2.75) is 39.0 Å². The van der Waals surface area contributed by atoms with Crippen molar-refractivity contribution in [3.63, 3.8) is 0 Å². The summed E-state index contributed by atoms with van der Waals surface area (Å²) in [5, 5.41) is 14.0. The maximum absolute atomic E-state index is 10.7. The van der Waals surface area contributed by atoms with Gasteiger partial charge in [-0.2, -0.15) is 0 Å². The third kappa shape index (κ3) is 3.78. The van der Waals surface area contributed by atoms with Gasteiger partial charge >= 0.3 is 0 Å². The first-order valence-electron chi connectivity index (χ1n) is 5.88. The first-order chi connectivity index (χ1) is 8.36. The number of ether oxygens (including phenoxy) is 1. The molecule has 18 heavy (non-hydrogen) atoms. The first-order valence-corrected chi connectivity index (χ1v) is 5.88. The first kappa shape index (κ1) is 14.6. The lowest BCUT2D eigenvalue weighted by Crippen LogP contribution is -2.45. The summed E-state index contributed by atoms with van der Waals surface area (Å²) < 4.78 is 5.38. The third-order valence-electron chi connectivity index (χ3n) is 3.30. The van der Waals surface area contributed by atoms with E-state index < -0.39 is 0 Å². The summed E-state index contributed by atoms with van der Waals surface area (Å²) in [6.45, 7) is 6.60. The quantitative estimate of drug-likeness (QED) is 0.624. The van der Waals surface area contributed by atoms with Gasteiger partial charge in [0.25, 0.3) is 5.69 Å². The maximum atomic E-state index is 10.7. The Labute approximate surface area is 107 Å². The molecule has 100 valence electrons. The molecule has 1 aromatic rings. The van der Waals surface area contributed by atoms with Crippen molar-refractivity contribution in [3.05, 3.63) is 39.9 Å². The highest BCUT2D eigenvalue weighted by Gasteiger charge is 2.24. The summed E-state index contributed by atoms with van der Waals surface area (Å²) in [6.07, 6.45) is 0. The second kappa shape index (κ2) is 5.93. The average Bonchev–Trinajstić information content (AvgIpc) is 2.36. The smallest absolute Gasteiger partial charge is 0.269 e. The molecule has 1 atom stereocenters. The Kier molecular flexibility index (Phi) is 4.81. The van der Waals surface area contributed by atoms with Crippen molar-refractivity contribution in [2.24, 2.45) is 0 Å². The Balaban J connectivity index is 2.64. The highest BCUT2D eigenvalue weighted by atomic mass is 16.6. The van der Waals surface area contributed by atoms with Gasteiger partial charge in [-0.25, -0.2) is 0 Å². The molecule has 1 N–H and O–H groups in total. The van der Waals surface area contributed by atoms with E-state index in [4.69, 9.17) is 4.74 Å². The molecular formula is C13H20N2O3. The second-order valence-electron chi connectivity index (χ2n) is 4.84. The van der Waals surface area contributed by atoms with Gasteiger partial charge in [-0.1, -0.05) is 12.1 Å². The Morgan fingerprint density at radius 3 is 2.72 bits per heavy atom. The van der Waals surface area contributed by atoms with E-state index in [1.807, 2.05) is 26.8 Å². The molecule has 1 rings (SSSR count). The van der Waals surface area contributed by atoms with Crippen molar-refractivity contribution >= 4 is 5.69 Å². The molecule has 0 aliphatic carbocycles. The molecule has 0 spiro atoms. The van der Waals surface area contributed by atoms with E-state index >= 15 is 0 Å². The molecule has 0 bridgehead atoms. The molecule has 5 heteroatoms. The zero-order valence-corrected chi connectivity index (χ0v) is 11.3. The number of nitro groups is 1. The van der Waals surface area contributed by atoms with Gasteiger partial charge in [0.15, 0.2) is 0 Å². The van der Waals surface area contributed by atoms with Crippen LogP contribution in [0.2, 0.25) is 0 Å². The van der Waals surface area contributed by atoms with Crippen LogP contribution in [-0.2, 0) is 11.3 Å². The molecule has 0 saturated heterocycles. The number of non-ortho nitro benzene ring substituents is 1. The zero-order chi connectivity index (χ0) is 13.8. The fourth-order valence-corrected chi connectivity index (χ4v) is 1.47. The largest absolute Gasteiger partial charge is 0.377 e. The van der Waals surface area contributed by atoms with Crippen LogP contribution in [0.15, 0.2) is 24.3 Å². The van der Waals surface area contributed by atoms with E-state index in [-0.39, 0.29) is 22.3 Å². The predicted octanol–water partition coefficient (Wildman–Crippen LogP) is 2.50. The normalized spacial score (nSPS) is 13.3.